The molecule has 4 rings (SSSR count). The summed E-state index contributed by atoms with van der Waals surface area (Å²) in [5, 5.41) is 11.0. The fraction of sp³-hybridized carbons (Fsp3) is 0.0909. The van der Waals surface area contributed by atoms with Crippen molar-refractivity contribution in [3.05, 3.63) is 89.9 Å². The van der Waals surface area contributed by atoms with Crippen LogP contribution in [0.3, 0.4) is 0 Å². The first-order valence-electron chi connectivity index (χ1n) is 8.88. The summed E-state index contributed by atoms with van der Waals surface area (Å²) >= 11 is 0. The monoisotopic (exact) mass is 387 g/mol. The van der Waals surface area contributed by atoms with Gasteiger partial charge in [-0.2, -0.15) is 0 Å². The Morgan fingerprint density at radius 3 is 2.45 bits per heavy atom. The Bertz CT molecular complexity index is 1080. The smallest absolute Gasteiger partial charge is 0.301 e. The number of benzene rings is 1. The lowest BCUT2D eigenvalue weighted by Crippen LogP contribution is -2.30. The SMILES string of the molecule is COc1ccc(C(O)=C2C(=O)C(=O)N(c3ccccn3)C2c2cccnc2)cc1. The molecule has 0 saturated carbocycles. The average Bonchev–Trinajstić information content (AvgIpc) is 3.05. The van der Waals surface area contributed by atoms with Gasteiger partial charge in [-0.25, -0.2) is 4.98 Å². The molecule has 7 nitrogen and oxygen atoms in total. The quantitative estimate of drug-likeness (QED) is 0.420. The number of rotatable bonds is 4. The van der Waals surface area contributed by atoms with Gasteiger partial charge in [-0.05, 0) is 48.0 Å². The van der Waals surface area contributed by atoms with Crippen molar-refractivity contribution < 1.29 is 19.4 Å². The molecular weight excluding hydrogens is 370 g/mol. The van der Waals surface area contributed by atoms with Crippen LogP contribution < -0.4 is 9.64 Å². The Hall–Kier alpha value is -4.00. The topological polar surface area (TPSA) is 92.6 Å². The number of methoxy groups -OCH3 is 1. The Kier molecular flexibility index (Phi) is 4.78. The van der Waals surface area contributed by atoms with E-state index in [2.05, 4.69) is 9.97 Å². The van der Waals surface area contributed by atoms with E-state index in [0.29, 0.717) is 22.7 Å². The molecule has 3 heterocycles. The first-order valence-corrected chi connectivity index (χ1v) is 8.88. The van der Waals surface area contributed by atoms with Gasteiger partial charge in [-0.3, -0.25) is 19.5 Å². The van der Waals surface area contributed by atoms with Crippen molar-refractivity contribution in [1.29, 1.82) is 0 Å². The second-order valence-corrected chi connectivity index (χ2v) is 6.37. The molecule has 1 fully saturated rings. The van der Waals surface area contributed by atoms with Crippen LogP contribution in [-0.4, -0.2) is 33.9 Å². The Morgan fingerprint density at radius 1 is 1.03 bits per heavy atom. The lowest BCUT2D eigenvalue weighted by Gasteiger charge is -2.24. The van der Waals surface area contributed by atoms with Crippen molar-refractivity contribution in [2.75, 3.05) is 12.0 Å². The molecule has 0 radical (unpaired) electrons. The molecule has 1 amide bonds. The number of anilines is 1. The number of aliphatic hydroxyl groups is 1. The maximum atomic E-state index is 12.9. The van der Waals surface area contributed by atoms with Crippen molar-refractivity contribution in [2.24, 2.45) is 0 Å². The summed E-state index contributed by atoms with van der Waals surface area (Å²) in [6.45, 7) is 0. The van der Waals surface area contributed by atoms with E-state index in [1.165, 1.54) is 12.0 Å². The van der Waals surface area contributed by atoms with Crippen LogP contribution in [0.25, 0.3) is 5.76 Å². The van der Waals surface area contributed by atoms with Gasteiger partial charge >= 0.3 is 5.91 Å². The highest BCUT2D eigenvalue weighted by molar-refractivity contribution is 6.51. The number of hydrogen-bond acceptors (Lipinski definition) is 6. The molecule has 7 heteroatoms. The Morgan fingerprint density at radius 2 is 1.83 bits per heavy atom. The summed E-state index contributed by atoms with van der Waals surface area (Å²) in [5.74, 6) is -0.875. The highest BCUT2D eigenvalue weighted by Crippen LogP contribution is 2.41. The molecule has 1 aliphatic heterocycles. The minimum absolute atomic E-state index is 0.0150. The molecule has 3 aromatic rings. The van der Waals surface area contributed by atoms with Crippen LogP contribution in [0.1, 0.15) is 17.2 Å². The molecule has 1 aromatic carbocycles. The third-order valence-electron chi connectivity index (χ3n) is 4.70. The Labute approximate surface area is 166 Å². The van der Waals surface area contributed by atoms with Crippen molar-refractivity contribution in [2.45, 2.75) is 6.04 Å². The number of ketones is 1. The molecule has 2 aromatic heterocycles. The second-order valence-electron chi connectivity index (χ2n) is 6.37. The van der Waals surface area contributed by atoms with Gasteiger partial charge in [-0.15, -0.1) is 0 Å². The van der Waals surface area contributed by atoms with Gasteiger partial charge in [0, 0.05) is 24.2 Å². The van der Waals surface area contributed by atoms with E-state index >= 15 is 0 Å². The van der Waals surface area contributed by atoms with Crippen LogP contribution in [0, 0.1) is 0 Å². The number of ether oxygens (including phenoxy) is 1. The summed E-state index contributed by atoms with van der Waals surface area (Å²) in [7, 11) is 1.54. The zero-order chi connectivity index (χ0) is 20.4. The predicted molar refractivity (Wildman–Crippen MR) is 106 cm³/mol. The molecule has 1 saturated heterocycles. The van der Waals surface area contributed by atoms with E-state index in [-0.39, 0.29) is 11.3 Å². The van der Waals surface area contributed by atoms with Gasteiger partial charge in [0.2, 0.25) is 0 Å². The minimum Gasteiger partial charge on any atom is -0.507 e. The average molecular weight is 387 g/mol. The van der Waals surface area contributed by atoms with Crippen molar-refractivity contribution in [1.82, 2.24) is 9.97 Å². The van der Waals surface area contributed by atoms with E-state index in [0.717, 1.165) is 0 Å². The van der Waals surface area contributed by atoms with E-state index in [1.807, 2.05) is 0 Å². The summed E-state index contributed by atoms with van der Waals surface area (Å²) < 4.78 is 5.13. The minimum atomic E-state index is -0.847. The first-order chi connectivity index (χ1) is 14.1. The number of carbonyl (C=O) groups excluding carboxylic acids is 2. The standard InChI is InChI=1S/C22H17N3O4/c1-29-16-9-7-14(8-10-16)20(26)18-19(15-5-4-11-23-13-15)25(22(28)21(18)27)17-6-2-3-12-24-17/h2-13,19,26H,1H3. The van der Waals surface area contributed by atoms with Gasteiger partial charge in [0.15, 0.2) is 0 Å². The van der Waals surface area contributed by atoms with E-state index in [1.54, 1.807) is 73.2 Å². The lowest BCUT2D eigenvalue weighted by molar-refractivity contribution is -0.132. The maximum absolute atomic E-state index is 12.9. The van der Waals surface area contributed by atoms with Gasteiger partial charge < -0.3 is 9.84 Å². The molecule has 29 heavy (non-hydrogen) atoms. The summed E-state index contributed by atoms with van der Waals surface area (Å²) in [6.07, 6.45) is 4.70. The molecule has 0 aliphatic carbocycles. The van der Waals surface area contributed by atoms with Crippen LogP contribution in [0.15, 0.2) is 78.8 Å². The van der Waals surface area contributed by atoms with Gasteiger partial charge in [-0.1, -0.05) is 12.1 Å². The van der Waals surface area contributed by atoms with Crippen LogP contribution >= 0.6 is 0 Å². The van der Waals surface area contributed by atoms with Crippen LogP contribution in [-0.2, 0) is 9.59 Å². The molecule has 144 valence electrons. The number of carbonyl (C=O) groups is 2. The zero-order valence-electron chi connectivity index (χ0n) is 15.5. The van der Waals surface area contributed by atoms with Crippen molar-refractivity contribution in [3.63, 3.8) is 0 Å². The number of pyridine rings is 2. The fourth-order valence-electron chi connectivity index (χ4n) is 3.32. The number of aliphatic hydroxyl groups excluding tert-OH is 1. The van der Waals surface area contributed by atoms with E-state index in [9.17, 15) is 14.7 Å². The molecule has 1 aliphatic rings. The third-order valence-corrected chi connectivity index (χ3v) is 4.70. The summed E-state index contributed by atoms with van der Waals surface area (Å²) in [4.78, 5) is 35.4. The number of aromatic nitrogens is 2. The maximum Gasteiger partial charge on any atom is 0.301 e. The van der Waals surface area contributed by atoms with Crippen LogP contribution in [0.4, 0.5) is 5.82 Å². The van der Waals surface area contributed by atoms with E-state index < -0.39 is 17.7 Å². The number of Topliss-reactive ketones (excluding diaryl/α,β-unsaturated/α-hetero) is 1. The van der Waals surface area contributed by atoms with Crippen LogP contribution in [0.5, 0.6) is 5.75 Å². The largest absolute Gasteiger partial charge is 0.507 e. The van der Waals surface area contributed by atoms with Crippen LogP contribution in [0.2, 0.25) is 0 Å². The van der Waals surface area contributed by atoms with E-state index in [4.69, 9.17) is 4.74 Å². The number of hydrogen-bond donors (Lipinski definition) is 1. The highest BCUT2D eigenvalue weighted by atomic mass is 16.5. The van der Waals surface area contributed by atoms with Crippen molar-refractivity contribution in [3.8, 4) is 5.75 Å². The second kappa shape index (κ2) is 7.55. The third kappa shape index (κ3) is 3.23. The molecule has 1 N–H and O–H groups in total. The molecule has 0 bridgehead atoms. The Balaban J connectivity index is 1.91. The molecule has 0 spiro atoms. The van der Waals surface area contributed by atoms with Gasteiger partial charge in [0.25, 0.3) is 5.78 Å². The first kappa shape index (κ1) is 18.4. The van der Waals surface area contributed by atoms with Gasteiger partial charge in [0.1, 0.15) is 17.3 Å². The highest BCUT2D eigenvalue weighted by Gasteiger charge is 2.47. The normalized spacial score (nSPS) is 18.1. The summed E-state index contributed by atoms with van der Waals surface area (Å²) in [6, 6.07) is 14.3. The fourth-order valence-corrected chi connectivity index (χ4v) is 3.32. The lowest BCUT2D eigenvalue weighted by atomic mass is 9.96. The zero-order valence-corrected chi connectivity index (χ0v) is 15.5. The number of nitrogens with zero attached hydrogens (tertiary/aromatic N) is 3. The van der Waals surface area contributed by atoms with Crippen molar-refractivity contribution >= 4 is 23.3 Å². The predicted octanol–water partition coefficient (Wildman–Crippen LogP) is 3.11. The molecule has 1 unspecified atom stereocenters. The summed E-state index contributed by atoms with van der Waals surface area (Å²) in [5.41, 5.74) is 0.977. The molecular formula is C22H17N3O4. The number of amides is 1. The molecule has 1 atom stereocenters. The van der Waals surface area contributed by atoms with Gasteiger partial charge in [0.05, 0.1) is 18.7 Å².